The number of anilines is 1. The molecule has 3 N–H and O–H groups in total. The zero-order chi connectivity index (χ0) is 39.7. The zero-order valence-electron chi connectivity index (χ0n) is 29.4. The summed E-state index contributed by atoms with van der Waals surface area (Å²) >= 11 is 6.37. The lowest BCUT2D eigenvalue weighted by Gasteiger charge is -2.35. The number of alkyl halides is 5. The van der Waals surface area contributed by atoms with Crippen LogP contribution in [0.4, 0.5) is 32.4 Å². The zero-order valence-corrected chi connectivity index (χ0v) is 30.1. The van der Waals surface area contributed by atoms with Crippen LogP contribution in [0.25, 0.3) is 16.4 Å². The summed E-state index contributed by atoms with van der Waals surface area (Å²) in [5.41, 5.74) is -2.91. The molecule has 2 aromatic heterocycles. The predicted molar refractivity (Wildman–Crippen MR) is 192 cm³/mol. The average Bonchev–Trinajstić information content (AvgIpc) is 3.71. The number of aliphatic imine (C=N–C) groups is 1. The van der Waals surface area contributed by atoms with E-state index in [1.807, 2.05) is 26.1 Å². The Morgan fingerprint density at radius 1 is 1.13 bits per heavy atom. The minimum absolute atomic E-state index is 0.0389. The number of amides is 2. The molecule has 19 heteroatoms. The molecule has 0 radical (unpaired) electrons. The van der Waals surface area contributed by atoms with E-state index < -0.39 is 59.3 Å². The number of alkyl carbamates (subject to hydrolysis) is 1. The van der Waals surface area contributed by atoms with Crippen molar-refractivity contribution in [3.05, 3.63) is 76.4 Å². The molecule has 2 fully saturated rings. The van der Waals surface area contributed by atoms with Crippen molar-refractivity contribution in [2.24, 2.45) is 15.5 Å². The molecule has 4 heterocycles. The molecular formula is C36H32ClF5N10O3. The molecule has 0 bridgehead atoms. The molecule has 4 aromatic rings. The van der Waals surface area contributed by atoms with Crippen molar-refractivity contribution in [1.82, 2.24) is 25.1 Å². The highest BCUT2D eigenvalue weighted by Gasteiger charge is 2.65. The van der Waals surface area contributed by atoms with Crippen LogP contribution in [0.3, 0.4) is 0 Å². The minimum Gasteiger partial charge on any atom is -0.447 e. The molecule has 7 rings (SSSR count). The van der Waals surface area contributed by atoms with Gasteiger partial charge in [0.15, 0.2) is 5.96 Å². The third-order valence-electron chi connectivity index (χ3n) is 9.70. The number of fused-ring (bicyclic) bond motifs is 3. The summed E-state index contributed by atoms with van der Waals surface area (Å²) in [5, 5.41) is 32.3. The fourth-order valence-electron chi connectivity index (χ4n) is 7.01. The van der Waals surface area contributed by atoms with Gasteiger partial charge in [-0.1, -0.05) is 50.6 Å². The van der Waals surface area contributed by atoms with Crippen LogP contribution in [-0.4, -0.2) is 69.4 Å². The highest BCUT2D eigenvalue weighted by molar-refractivity contribution is 6.33. The third kappa shape index (κ3) is 6.55. The molecule has 3 aliphatic rings. The van der Waals surface area contributed by atoms with Gasteiger partial charge in [0.2, 0.25) is 0 Å². The van der Waals surface area contributed by atoms with Crippen molar-refractivity contribution >= 4 is 64.2 Å². The summed E-state index contributed by atoms with van der Waals surface area (Å²) in [6, 6.07) is 9.35. The van der Waals surface area contributed by atoms with Gasteiger partial charge in [-0.2, -0.15) is 42.4 Å². The van der Waals surface area contributed by atoms with Crippen molar-refractivity contribution in [3.8, 4) is 6.07 Å². The van der Waals surface area contributed by atoms with Crippen molar-refractivity contribution in [1.29, 1.82) is 10.7 Å². The van der Waals surface area contributed by atoms with Crippen LogP contribution in [0.5, 0.6) is 0 Å². The second kappa shape index (κ2) is 12.9. The number of hydrogen-bond donors (Lipinski definition) is 3. The normalized spacial score (nSPS) is 20.8. The number of carbonyl (C=O) groups is 2. The molecular weight excluding hydrogens is 751 g/mol. The second-order valence-electron chi connectivity index (χ2n) is 14.8. The second-order valence-corrected chi connectivity index (χ2v) is 15.2. The molecule has 2 atom stereocenters. The monoisotopic (exact) mass is 782 g/mol. The Morgan fingerprint density at radius 2 is 1.85 bits per heavy atom. The number of aromatic nitrogens is 2. The van der Waals surface area contributed by atoms with Gasteiger partial charge in [0, 0.05) is 5.39 Å². The molecule has 2 aliphatic heterocycles. The number of guanidine groups is 1. The maximum absolute atomic E-state index is 15.1. The summed E-state index contributed by atoms with van der Waals surface area (Å²) < 4.78 is 77.9. The van der Waals surface area contributed by atoms with E-state index >= 15 is 4.79 Å². The summed E-state index contributed by atoms with van der Waals surface area (Å²) in [7, 11) is 0. The van der Waals surface area contributed by atoms with E-state index in [2.05, 4.69) is 26.6 Å². The van der Waals surface area contributed by atoms with Gasteiger partial charge in [0.1, 0.15) is 30.1 Å². The molecule has 2 amide bonds. The van der Waals surface area contributed by atoms with E-state index in [0.717, 1.165) is 11.2 Å². The lowest BCUT2D eigenvalue weighted by atomic mass is 9.75. The Bertz CT molecular complexity index is 2360. The van der Waals surface area contributed by atoms with Gasteiger partial charge in [-0.15, -0.1) is 0 Å². The molecule has 0 spiro atoms. The van der Waals surface area contributed by atoms with Crippen molar-refractivity contribution in [2.45, 2.75) is 69.4 Å². The Kier molecular flexibility index (Phi) is 8.79. The third-order valence-corrected chi connectivity index (χ3v) is 10.0. The summed E-state index contributed by atoms with van der Waals surface area (Å²) in [6.45, 7) is 4.88. The van der Waals surface area contributed by atoms with Crippen molar-refractivity contribution < 1.29 is 36.3 Å². The first kappa shape index (κ1) is 37.5. The van der Waals surface area contributed by atoms with E-state index in [9.17, 15) is 32.0 Å². The molecule has 1 saturated carbocycles. The first-order valence-corrected chi connectivity index (χ1v) is 17.2. The van der Waals surface area contributed by atoms with Crippen LogP contribution in [0, 0.1) is 22.2 Å². The summed E-state index contributed by atoms with van der Waals surface area (Å²) in [6.07, 6.45) is -4.11. The number of rotatable bonds is 8. The highest BCUT2D eigenvalue weighted by Crippen LogP contribution is 2.49. The SMILES string of the molecule is CC(C)(C)C[C@]1(c2ccc3c(ccc4c(C#N)cnn43)c2)NC(=N)N([C@H](COC(=O)NC2(C(F)(F)F)CC2)c2ccc(Cl)c(N3N=CN=CC3(F)F)c2)C1=O. The van der Waals surface area contributed by atoms with Crippen LogP contribution in [0.15, 0.2) is 64.8 Å². The predicted octanol–water partition coefficient (Wildman–Crippen LogP) is 7.00. The van der Waals surface area contributed by atoms with Gasteiger partial charge in [-0.05, 0) is 66.1 Å². The van der Waals surface area contributed by atoms with E-state index in [-0.39, 0.29) is 35.5 Å². The number of pyridine rings is 1. The number of nitrogens with zero attached hydrogens (tertiary/aromatic N) is 7. The Morgan fingerprint density at radius 3 is 2.51 bits per heavy atom. The number of ether oxygens (including phenoxy) is 1. The first-order chi connectivity index (χ1) is 25.8. The topological polar surface area (TPSA) is 164 Å². The van der Waals surface area contributed by atoms with Crippen molar-refractivity contribution in [2.75, 3.05) is 11.6 Å². The van der Waals surface area contributed by atoms with Gasteiger partial charge >= 0.3 is 18.3 Å². The number of carbonyl (C=O) groups excluding carboxylic acids is 2. The first-order valence-electron chi connectivity index (χ1n) is 16.9. The lowest BCUT2D eigenvalue weighted by Crippen LogP contribution is -2.49. The average molecular weight is 783 g/mol. The number of benzene rings is 2. The van der Waals surface area contributed by atoms with Crippen LogP contribution in [-0.2, 0) is 15.1 Å². The van der Waals surface area contributed by atoms with Gasteiger partial charge < -0.3 is 15.4 Å². The van der Waals surface area contributed by atoms with Gasteiger partial charge in [-0.25, -0.2) is 14.3 Å². The largest absolute Gasteiger partial charge is 0.447 e. The van der Waals surface area contributed by atoms with Crippen LogP contribution in [0.2, 0.25) is 5.02 Å². The number of hydrogen-bond acceptors (Lipinski definition) is 9. The number of halogens is 6. The maximum atomic E-state index is 15.1. The number of nitrogens with one attached hydrogen (secondary N) is 3. The van der Waals surface area contributed by atoms with Crippen LogP contribution in [0.1, 0.15) is 62.8 Å². The Labute approximate surface area is 314 Å². The molecule has 2 aromatic carbocycles. The molecule has 1 saturated heterocycles. The smallest absolute Gasteiger partial charge is 0.411 e. The van der Waals surface area contributed by atoms with E-state index in [1.54, 1.807) is 34.8 Å². The fraction of sp³-hybridized carbons (Fsp3) is 0.361. The molecule has 1 aliphatic carbocycles. The Hall–Kier alpha value is -5.83. The quantitative estimate of drug-likeness (QED) is 0.128. The van der Waals surface area contributed by atoms with E-state index in [4.69, 9.17) is 21.7 Å². The van der Waals surface area contributed by atoms with Gasteiger partial charge in [0.25, 0.3) is 5.91 Å². The van der Waals surface area contributed by atoms with E-state index in [1.165, 1.54) is 24.4 Å². The minimum atomic E-state index is -4.75. The molecule has 0 unspecified atom stereocenters. The maximum Gasteiger partial charge on any atom is 0.411 e. The van der Waals surface area contributed by atoms with Crippen LogP contribution >= 0.6 is 11.6 Å². The highest BCUT2D eigenvalue weighted by atomic mass is 35.5. The Balaban J connectivity index is 1.31. The fourth-order valence-corrected chi connectivity index (χ4v) is 7.21. The van der Waals surface area contributed by atoms with Crippen molar-refractivity contribution in [3.63, 3.8) is 0 Å². The summed E-state index contributed by atoms with van der Waals surface area (Å²) in [4.78, 5) is 32.3. The van der Waals surface area contributed by atoms with Gasteiger partial charge in [-0.3, -0.25) is 15.1 Å². The number of nitriles is 1. The lowest BCUT2D eigenvalue weighted by molar-refractivity contribution is -0.164. The van der Waals surface area contributed by atoms with Gasteiger partial charge in [0.05, 0.1) is 45.8 Å². The molecule has 55 heavy (non-hydrogen) atoms. The standard InChI is InChI=1S/C36H32ClF5N10O3/c1-32(2,3)17-34(23-6-9-25-20(12-23)5-8-26-22(14-43)15-46-51(25)26)29(53)50(30(44)48-34)28(16-55-31(54)49-33(10-11-33)36(40,41)42)21-4-7-24(37)27(13-21)52-35(38,39)18-45-19-47-52/h4-9,12-13,15,18-19,28H,10-11,16-17H2,1-3H3,(H2,44,48)(H,49,54)/t28-,34-/m1/s1. The van der Waals surface area contributed by atoms with E-state index in [0.29, 0.717) is 38.8 Å². The number of hydrazone groups is 1. The molecule has 286 valence electrons. The summed E-state index contributed by atoms with van der Waals surface area (Å²) in [5.74, 6) is -1.14. The van der Waals surface area contributed by atoms with Crippen LogP contribution < -0.4 is 15.6 Å². The molecule has 13 nitrogen and oxygen atoms in total.